The number of hydrogen-bond donors (Lipinski definition) is 1. The van der Waals surface area contributed by atoms with Crippen LogP contribution < -0.4 is 19.1 Å². The number of nitrogens with one attached hydrogen (secondary N) is 1. The lowest BCUT2D eigenvalue weighted by atomic mass is 10.1. The molecular formula is C31H37ClFN3O6S. The van der Waals surface area contributed by atoms with Crippen molar-refractivity contribution in [2.45, 2.75) is 57.1 Å². The molecule has 1 atom stereocenters. The van der Waals surface area contributed by atoms with Crippen molar-refractivity contribution < 1.29 is 31.9 Å². The first-order valence-corrected chi connectivity index (χ1v) is 15.4. The molecule has 0 aromatic heterocycles. The van der Waals surface area contributed by atoms with Gasteiger partial charge in [0.05, 0.1) is 24.8 Å². The van der Waals surface area contributed by atoms with Gasteiger partial charge in [-0.3, -0.25) is 13.9 Å². The molecule has 0 saturated heterocycles. The van der Waals surface area contributed by atoms with Crippen LogP contribution in [0.1, 0.15) is 39.7 Å². The second-order valence-electron chi connectivity index (χ2n) is 10.8. The summed E-state index contributed by atoms with van der Waals surface area (Å²) in [5.41, 5.74) is 0.0468. The Labute approximate surface area is 257 Å². The van der Waals surface area contributed by atoms with Crippen molar-refractivity contribution in [3.63, 3.8) is 0 Å². The SMILES string of the molecule is CC[C@H](C(=O)NC(C)(C)C)N(Cc1ccccc1Cl)C(=O)CN(c1ccc(F)cc1)S(=O)(=O)c1ccc(OC)c(OC)c1. The molecule has 0 fully saturated rings. The summed E-state index contributed by atoms with van der Waals surface area (Å²) >= 11 is 6.43. The van der Waals surface area contributed by atoms with Gasteiger partial charge in [-0.1, -0.05) is 36.7 Å². The molecule has 0 unspecified atom stereocenters. The summed E-state index contributed by atoms with van der Waals surface area (Å²) in [5, 5.41) is 3.30. The van der Waals surface area contributed by atoms with Gasteiger partial charge in [0.2, 0.25) is 11.8 Å². The van der Waals surface area contributed by atoms with Gasteiger partial charge in [0, 0.05) is 23.2 Å². The normalized spacial score (nSPS) is 12.3. The molecule has 9 nitrogen and oxygen atoms in total. The van der Waals surface area contributed by atoms with E-state index >= 15 is 0 Å². The van der Waals surface area contributed by atoms with Crippen LogP contribution in [0.25, 0.3) is 0 Å². The van der Waals surface area contributed by atoms with Crippen molar-refractivity contribution in [1.82, 2.24) is 10.2 Å². The number of sulfonamides is 1. The summed E-state index contributed by atoms with van der Waals surface area (Å²) in [7, 11) is -1.62. The molecule has 0 saturated carbocycles. The van der Waals surface area contributed by atoms with Crippen LogP contribution in [-0.2, 0) is 26.2 Å². The molecule has 0 aliphatic carbocycles. The largest absolute Gasteiger partial charge is 0.493 e. The maximum Gasteiger partial charge on any atom is 0.264 e. The number of rotatable bonds is 12. The van der Waals surface area contributed by atoms with Crippen LogP contribution >= 0.6 is 11.6 Å². The average Bonchev–Trinajstić information content (AvgIpc) is 2.95. The summed E-state index contributed by atoms with van der Waals surface area (Å²) in [5.74, 6) is -1.16. The van der Waals surface area contributed by atoms with Crippen molar-refractivity contribution in [3.8, 4) is 11.5 Å². The molecule has 3 aromatic rings. The van der Waals surface area contributed by atoms with Crippen molar-refractivity contribution in [2.75, 3.05) is 25.1 Å². The van der Waals surface area contributed by atoms with Gasteiger partial charge >= 0.3 is 0 Å². The highest BCUT2D eigenvalue weighted by molar-refractivity contribution is 7.92. The zero-order valence-corrected chi connectivity index (χ0v) is 26.6. The molecule has 43 heavy (non-hydrogen) atoms. The Hall–Kier alpha value is -3.83. The molecule has 0 spiro atoms. The van der Waals surface area contributed by atoms with Crippen molar-refractivity contribution in [1.29, 1.82) is 0 Å². The number of hydrogen-bond acceptors (Lipinski definition) is 6. The van der Waals surface area contributed by atoms with Gasteiger partial charge < -0.3 is 19.7 Å². The van der Waals surface area contributed by atoms with Crippen LogP contribution in [0.15, 0.2) is 71.6 Å². The van der Waals surface area contributed by atoms with Crippen molar-refractivity contribution in [3.05, 3.63) is 83.1 Å². The molecular weight excluding hydrogens is 597 g/mol. The van der Waals surface area contributed by atoms with Gasteiger partial charge in [0.1, 0.15) is 18.4 Å². The molecule has 2 amide bonds. The number of nitrogens with zero attached hydrogens (tertiary/aromatic N) is 2. The maximum absolute atomic E-state index is 14.2. The zero-order chi connectivity index (χ0) is 31.9. The fourth-order valence-electron chi connectivity index (χ4n) is 4.42. The van der Waals surface area contributed by atoms with Gasteiger partial charge in [0.25, 0.3) is 10.0 Å². The highest BCUT2D eigenvalue weighted by atomic mass is 35.5. The van der Waals surface area contributed by atoms with Crippen molar-refractivity contribution in [2.24, 2.45) is 0 Å². The topological polar surface area (TPSA) is 105 Å². The summed E-state index contributed by atoms with van der Waals surface area (Å²) < 4.78 is 53.4. The van der Waals surface area contributed by atoms with E-state index in [1.54, 1.807) is 31.2 Å². The van der Waals surface area contributed by atoms with Gasteiger partial charge in [-0.05, 0) is 75.2 Å². The molecule has 0 heterocycles. The Bertz CT molecular complexity index is 1540. The first-order valence-electron chi connectivity index (χ1n) is 13.6. The smallest absolute Gasteiger partial charge is 0.264 e. The third kappa shape index (κ3) is 8.39. The van der Waals surface area contributed by atoms with E-state index in [0.717, 1.165) is 16.4 Å². The first-order chi connectivity index (χ1) is 20.2. The second-order valence-corrected chi connectivity index (χ2v) is 13.1. The van der Waals surface area contributed by atoms with E-state index in [0.29, 0.717) is 16.3 Å². The highest BCUT2D eigenvalue weighted by Gasteiger charge is 2.35. The summed E-state index contributed by atoms with van der Waals surface area (Å²) in [4.78, 5) is 28.7. The highest BCUT2D eigenvalue weighted by Crippen LogP contribution is 2.32. The van der Waals surface area contributed by atoms with Gasteiger partial charge in [-0.15, -0.1) is 0 Å². The van der Waals surface area contributed by atoms with E-state index in [1.807, 2.05) is 20.8 Å². The molecule has 0 aliphatic rings. The van der Waals surface area contributed by atoms with E-state index in [-0.39, 0.29) is 29.3 Å². The van der Waals surface area contributed by atoms with E-state index in [4.69, 9.17) is 21.1 Å². The minimum absolute atomic E-state index is 0.0504. The van der Waals surface area contributed by atoms with Gasteiger partial charge in [0.15, 0.2) is 11.5 Å². The predicted molar refractivity (Wildman–Crippen MR) is 164 cm³/mol. The van der Waals surface area contributed by atoms with Gasteiger partial charge in [-0.2, -0.15) is 0 Å². The minimum atomic E-state index is -4.41. The molecule has 3 aromatic carbocycles. The van der Waals surface area contributed by atoms with Crippen LogP contribution in [-0.4, -0.2) is 57.5 Å². The molecule has 12 heteroatoms. The maximum atomic E-state index is 14.2. The summed E-state index contributed by atoms with van der Waals surface area (Å²) in [6.45, 7) is 6.49. The van der Waals surface area contributed by atoms with Crippen LogP contribution in [0.2, 0.25) is 5.02 Å². The van der Waals surface area contributed by atoms with Gasteiger partial charge in [-0.25, -0.2) is 12.8 Å². The van der Waals surface area contributed by atoms with E-state index in [9.17, 15) is 22.4 Å². The molecule has 0 radical (unpaired) electrons. The Balaban J connectivity index is 2.12. The Morgan fingerprint density at radius 2 is 1.60 bits per heavy atom. The van der Waals surface area contributed by atoms with Crippen LogP contribution in [0.5, 0.6) is 11.5 Å². The number of methoxy groups -OCH3 is 2. The fourth-order valence-corrected chi connectivity index (χ4v) is 6.05. The van der Waals surface area contributed by atoms with E-state index in [1.165, 1.54) is 49.5 Å². The monoisotopic (exact) mass is 633 g/mol. The lowest BCUT2D eigenvalue weighted by Crippen LogP contribution is -2.55. The number of benzene rings is 3. The first kappa shape index (κ1) is 33.7. The fraction of sp³-hybridized carbons (Fsp3) is 0.355. The van der Waals surface area contributed by atoms with Crippen LogP contribution in [0.3, 0.4) is 0 Å². The van der Waals surface area contributed by atoms with Crippen LogP contribution in [0.4, 0.5) is 10.1 Å². The number of halogens is 2. The minimum Gasteiger partial charge on any atom is -0.493 e. The third-order valence-electron chi connectivity index (χ3n) is 6.52. The van der Waals surface area contributed by atoms with Crippen molar-refractivity contribution >= 4 is 39.1 Å². The molecule has 0 aliphatic heterocycles. The second kappa shape index (κ2) is 14.1. The number of carbonyl (C=O) groups is 2. The molecule has 232 valence electrons. The predicted octanol–water partition coefficient (Wildman–Crippen LogP) is 5.41. The van der Waals surface area contributed by atoms with E-state index < -0.39 is 45.8 Å². The number of amides is 2. The lowest BCUT2D eigenvalue weighted by molar-refractivity contribution is -0.141. The average molecular weight is 634 g/mol. The van der Waals surface area contributed by atoms with E-state index in [2.05, 4.69) is 5.32 Å². The Morgan fingerprint density at radius 3 is 2.16 bits per heavy atom. The number of ether oxygens (including phenoxy) is 2. The standard InChI is InChI=1S/C31H37ClFN3O6S/c1-7-26(30(38)34-31(2,3)4)35(19-21-10-8-9-11-25(21)32)29(37)20-36(23-14-12-22(33)13-15-23)43(39,40)24-16-17-27(41-5)28(18-24)42-6/h8-18,26H,7,19-20H2,1-6H3,(H,34,38)/t26-/m1/s1. The Morgan fingerprint density at radius 1 is 0.977 bits per heavy atom. The molecule has 3 rings (SSSR count). The molecule has 0 bridgehead atoms. The summed E-state index contributed by atoms with van der Waals surface area (Å²) in [6, 6.07) is 14.7. The number of carbonyl (C=O) groups excluding carboxylic acids is 2. The van der Waals surface area contributed by atoms with Crippen LogP contribution in [0, 0.1) is 5.82 Å². The summed E-state index contributed by atoms with van der Waals surface area (Å²) in [6.07, 6.45) is 0.247. The third-order valence-corrected chi connectivity index (χ3v) is 8.66. The number of anilines is 1. The lowest BCUT2D eigenvalue weighted by Gasteiger charge is -2.35. The zero-order valence-electron chi connectivity index (χ0n) is 25.1. The molecule has 1 N–H and O–H groups in total. The quantitative estimate of drug-likeness (QED) is 0.286. The Kier molecular flexibility index (Phi) is 11.0.